The zero-order valence-electron chi connectivity index (χ0n) is 8.66. The number of carbonyl (C=O) groups excluding carboxylic acids is 1. The summed E-state index contributed by atoms with van der Waals surface area (Å²) >= 11 is 5.61. The molecule has 0 atom stereocenters. The number of benzene rings is 1. The molecule has 4 heteroatoms. The van der Waals surface area contributed by atoms with Crippen molar-refractivity contribution in [2.75, 3.05) is 5.73 Å². The van der Waals surface area contributed by atoms with Crippen molar-refractivity contribution in [2.24, 2.45) is 0 Å². The minimum absolute atomic E-state index is 0.189. The van der Waals surface area contributed by atoms with Crippen LogP contribution in [-0.4, -0.2) is 5.78 Å². The largest absolute Gasteiger partial charge is 0.441 e. The molecule has 2 rings (SSSR count). The lowest BCUT2D eigenvalue weighted by molar-refractivity contribution is 0.101. The molecule has 0 bridgehead atoms. The number of hydrogen-bond acceptors (Lipinski definition) is 3. The summed E-state index contributed by atoms with van der Waals surface area (Å²) in [4.78, 5) is 12.0. The van der Waals surface area contributed by atoms with Gasteiger partial charge in [-0.2, -0.15) is 0 Å². The van der Waals surface area contributed by atoms with E-state index in [0.29, 0.717) is 11.3 Å². The van der Waals surface area contributed by atoms with Crippen LogP contribution in [-0.2, 0) is 0 Å². The molecule has 2 N–H and O–H groups in total. The van der Waals surface area contributed by atoms with Crippen molar-refractivity contribution < 1.29 is 9.21 Å². The van der Waals surface area contributed by atoms with Crippen molar-refractivity contribution in [3.05, 3.63) is 52.4 Å². The Morgan fingerprint density at radius 1 is 1.31 bits per heavy atom. The smallest absolute Gasteiger partial charge is 0.230 e. The summed E-state index contributed by atoms with van der Waals surface area (Å²) in [7, 11) is 0. The van der Waals surface area contributed by atoms with Crippen molar-refractivity contribution in [2.45, 2.75) is 6.92 Å². The summed E-state index contributed by atoms with van der Waals surface area (Å²) in [5, 5.41) is 0.189. The molecule has 0 spiro atoms. The van der Waals surface area contributed by atoms with E-state index in [1.807, 2.05) is 13.0 Å². The summed E-state index contributed by atoms with van der Waals surface area (Å²) in [6, 6.07) is 8.36. The van der Waals surface area contributed by atoms with Gasteiger partial charge in [-0.1, -0.05) is 12.1 Å². The van der Waals surface area contributed by atoms with Gasteiger partial charge in [0.2, 0.25) is 5.78 Å². The third kappa shape index (κ3) is 1.82. The SMILES string of the molecule is Cc1cccc(C(=O)c2ccc(Cl)o2)c1N. The van der Waals surface area contributed by atoms with E-state index in [9.17, 15) is 4.79 Å². The monoisotopic (exact) mass is 235 g/mol. The number of anilines is 1. The van der Waals surface area contributed by atoms with Gasteiger partial charge >= 0.3 is 0 Å². The predicted molar refractivity (Wildman–Crippen MR) is 62.7 cm³/mol. The molecule has 0 aliphatic carbocycles. The maximum atomic E-state index is 12.0. The van der Waals surface area contributed by atoms with E-state index in [1.165, 1.54) is 12.1 Å². The molecule has 82 valence electrons. The third-order valence-corrected chi connectivity index (χ3v) is 2.57. The van der Waals surface area contributed by atoms with E-state index < -0.39 is 0 Å². The number of halogens is 1. The molecule has 0 saturated heterocycles. The standard InChI is InChI=1S/C12H10ClNO2/c1-7-3-2-4-8(11(7)14)12(15)9-5-6-10(13)16-9/h2-6H,14H2,1H3. The molecule has 1 heterocycles. The quantitative estimate of drug-likeness (QED) is 0.643. The summed E-state index contributed by atoms with van der Waals surface area (Å²) in [5.41, 5.74) is 7.60. The fourth-order valence-electron chi connectivity index (χ4n) is 1.45. The van der Waals surface area contributed by atoms with Crippen molar-refractivity contribution in [1.82, 2.24) is 0 Å². The summed E-state index contributed by atoms with van der Waals surface area (Å²) in [6.07, 6.45) is 0. The van der Waals surface area contributed by atoms with Gasteiger partial charge in [0.1, 0.15) is 0 Å². The van der Waals surface area contributed by atoms with Gasteiger partial charge in [-0.3, -0.25) is 4.79 Å². The van der Waals surface area contributed by atoms with E-state index in [1.54, 1.807) is 12.1 Å². The lowest BCUT2D eigenvalue weighted by atomic mass is 10.0. The second-order valence-corrected chi connectivity index (χ2v) is 3.84. The average molecular weight is 236 g/mol. The van der Waals surface area contributed by atoms with Gasteiger partial charge in [-0.25, -0.2) is 0 Å². The van der Waals surface area contributed by atoms with Gasteiger partial charge in [0.25, 0.3) is 0 Å². The molecule has 0 saturated carbocycles. The number of rotatable bonds is 2. The molecule has 16 heavy (non-hydrogen) atoms. The van der Waals surface area contributed by atoms with Gasteiger partial charge in [0, 0.05) is 11.3 Å². The van der Waals surface area contributed by atoms with E-state index in [2.05, 4.69) is 0 Å². The Balaban J connectivity index is 2.45. The van der Waals surface area contributed by atoms with E-state index in [0.717, 1.165) is 5.56 Å². The van der Waals surface area contributed by atoms with Crippen LogP contribution in [0.4, 0.5) is 5.69 Å². The molecule has 0 unspecified atom stereocenters. The van der Waals surface area contributed by atoms with Gasteiger partial charge in [-0.15, -0.1) is 0 Å². The van der Waals surface area contributed by atoms with Crippen molar-refractivity contribution in [1.29, 1.82) is 0 Å². The average Bonchev–Trinajstić information content (AvgIpc) is 2.68. The predicted octanol–water partition coefficient (Wildman–Crippen LogP) is 3.05. The number of nitrogen functional groups attached to an aromatic ring is 1. The number of ketones is 1. The van der Waals surface area contributed by atoms with E-state index in [4.69, 9.17) is 21.8 Å². The first kappa shape index (κ1) is 10.8. The molecule has 1 aromatic carbocycles. The second kappa shape index (κ2) is 4.02. The number of nitrogens with two attached hydrogens (primary N) is 1. The van der Waals surface area contributed by atoms with Crippen LogP contribution in [0, 0.1) is 6.92 Å². The van der Waals surface area contributed by atoms with Crippen LogP contribution < -0.4 is 5.73 Å². The first-order chi connectivity index (χ1) is 7.59. The van der Waals surface area contributed by atoms with Gasteiger partial charge < -0.3 is 10.2 Å². The normalized spacial score (nSPS) is 10.4. The molecule has 0 radical (unpaired) electrons. The molecule has 0 fully saturated rings. The Hall–Kier alpha value is -1.74. The number of aryl methyl sites for hydroxylation is 1. The van der Waals surface area contributed by atoms with Gasteiger partial charge in [0.05, 0.1) is 0 Å². The number of para-hydroxylation sites is 1. The Morgan fingerprint density at radius 3 is 2.69 bits per heavy atom. The molecule has 0 aliphatic heterocycles. The van der Waals surface area contributed by atoms with Crippen LogP contribution in [0.25, 0.3) is 0 Å². The topological polar surface area (TPSA) is 56.2 Å². The fraction of sp³-hybridized carbons (Fsp3) is 0.0833. The van der Waals surface area contributed by atoms with Gasteiger partial charge in [-0.05, 0) is 42.3 Å². The minimum Gasteiger partial charge on any atom is -0.441 e. The molecule has 0 amide bonds. The van der Waals surface area contributed by atoms with Crippen LogP contribution in [0.15, 0.2) is 34.7 Å². The Kier molecular flexibility index (Phi) is 2.71. The van der Waals surface area contributed by atoms with Crippen LogP contribution in [0.1, 0.15) is 21.7 Å². The van der Waals surface area contributed by atoms with Crippen molar-refractivity contribution in [3.8, 4) is 0 Å². The first-order valence-electron chi connectivity index (χ1n) is 4.74. The van der Waals surface area contributed by atoms with Crippen LogP contribution in [0.3, 0.4) is 0 Å². The minimum atomic E-state index is -0.256. The fourth-order valence-corrected chi connectivity index (χ4v) is 1.59. The number of hydrogen-bond donors (Lipinski definition) is 1. The zero-order chi connectivity index (χ0) is 11.7. The maximum absolute atomic E-state index is 12.0. The summed E-state index contributed by atoms with van der Waals surface area (Å²) in [5.74, 6) is -0.0598. The highest BCUT2D eigenvalue weighted by Crippen LogP contribution is 2.22. The van der Waals surface area contributed by atoms with Crippen molar-refractivity contribution >= 4 is 23.1 Å². The van der Waals surface area contributed by atoms with E-state index in [-0.39, 0.29) is 16.8 Å². The van der Waals surface area contributed by atoms with E-state index >= 15 is 0 Å². The second-order valence-electron chi connectivity index (χ2n) is 3.47. The summed E-state index contributed by atoms with van der Waals surface area (Å²) in [6.45, 7) is 1.85. The van der Waals surface area contributed by atoms with Gasteiger partial charge in [0.15, 0.2) is 11.0 Å². The molecular formula is C12H10ClNO2. The molecular weight excluding hydrogens is 226 g/mol. The highest BCUT2D eigenvalue weighted by Gasteiger charge is 2.16. The molecule has 2 aromatic rings. The molecule has 1 aromatic heterocycles. The number of carbonyl (C=O) groups is 1. The highest BCUT2D eigenvalue weighted by atomic mass is 35.5. The van der Waals surface area contributed by atoms with Crippen LogP contribution in [0.2, 0.25) is 5.22 Å². The number of furan rings is 1. The zero-order valence-corrected chi connectivity index (χ0v) is 9.41. The Morgan fingerprint density at radius 2 is 2.06 bits per heavy atom. The third-order valence-electron chi connectivity index (χ3n) is 2.37. The lowest BCUT2D eigenvalue weighted by Gasteiger charge is -2.05. The van der Waals surface area contributed by atoms with Crippen LogP contribution in [0.5, 0.6) is 0 Å². The Labute approximate surface area is 97.8 Å². The maximum Gasteiger partial charge on any atom is 0.230 e. The first-order valence-corrected chi connectivity index (χ1v) is 5.12. The Bertz CT molecular complexity index is 546. The summed E-state index contributed by atoms with van der Waals surface area (Å²) < 4.78 is 5.05. The lowest BCUT2D eigenvalue weighted by Crippen LogP contribution is -2.05. The van der Waals surface area contributed by atoms with Crippen LogP contribution >= 0.6 is 11.6 Å². The highest BCUT2D eigenvalue weighted by molar-refractivity contribution is 6.29. The molecule has 3 nitrogen and oxygen atoms in total. The van der Waals surface area contributed by atoms with Crippen molar-refractivity contribution in [3.63, 3.8) is 0 Å². The molecule has 0 aliphatic rings.